The highest BCUT2D eigenvalue weighted by atomic mass is 16.5. The number of nitrogens with zero attached hydrogens (tertiary/aromatic N) is 1. The molecule has 1 heterocycles. The first-order valence-corrected chi connectivity index (χ1v) is 7.30. The van der Waals surface area contributed by atoms with Gasteiger partial charge in [0.2, 0.25) is 0 Å². The molecule has 1 saturated heterocycles. The van der Waals surface area contributed by atoms with Gasteiger partial charge in [0.1, 0.15) is 0 Å². The maximum atomic E-state index is 5.68. The van der Waals surface area contributed by atoms with Crippen LogP contribution in [-0.4, -0.2) is 43.8 Å². The van der Waals surface area contributed by atoms with Crippen molar-refractivity contribution in [2.45, 2.75) is 57.1 Å². The first kappa shape index (κ1) is 13.3. The highest BCUT2D eigenvalue weighted by Gasteiger charge is 2.29. The molecule has 1 aliphatic carbocycles. The van der Waals surface area contributed by atoms with E-state index in [2.05, 4.69) is 4.90 Å². The molecule has 2 rings (SSSR count). The second-order valence-corrected chi connectivity index (χ2v) is 5.75. The van der Waals surface area contributed by atoms with Crippen molar-refractivity contribution in [2.24, 2.45) is 11.7 Å². The van der Waals surface area contributed by atoms with Crippen LogP contribution < -0.4 is 5.73 Å². The molecule has 3 nitrogen and oxygen atoms in total. The molecule has 2 fully saturated rings. The first-order chi connectivity index (χ1) is 8.33. The van der Waals surface area contributed by atoms with Crippen LogP contribution >= 0.6 is 0 Å². The minimum absolute atomic E-state index is 0.524. The van der Waals surface area contributed by atoms with Gasteiger partial charge in [0.15, 0.2) is 0 Å². The summed E-state index contributed by atoms with van der Waals surface area (Å²) in [4.78, 5) is 2.73. The summed E-state index contributed by atoms with van der Waals surface area (Å²) >= 11 is 0. The molecule has 3 heteroatoms. The van der Waals surface area contributed by atoms with E-state index >= 15 is 0 Å². The van der Waals surface area contributed by atoms with E-state index in [1.165, 1.54) is 58.0 Å². The zero-order valence-electron chi connectivity index (χ0n) is 11.2. The van der Waals surface area contributed by atoms with Crippen LogP contribution in [0, 0.1) is 5.92 Å². The third-order valence-electron chi connectivity index (χ3n) is 4.62. The van der Waals surface area contributed by atoms with Crippen LogP contribution in [0.3, 0.4) is 0 Å². The summed E-state index contributed by atoms with van der Waals surface area (Å²) in [6.07, 6.45) is 9.65. The second kappa shape index (κ2) is 6.72. The predicted octanol–water partition coefficient (Wildman–Crippen LogP) is 2.00. The van der Waals surface area contributed by atoms with Crippen LogP contribution in [0.1, 0.15) is 44.9 Å². The molecule has 0 bridgehead atoms. The van der Waals surface area contributed by atoms with Gasteiger partial charge >= 0.3 is 0 Å². The Hall–Kier alpha value is -0.120. The molecule has 100 valence electrons. The van der Waals surface area contributed by atoms with Gasteiger partial charge in [-0.05, 0) is 64.0 Å². The van der Waals surface area contributed by atoms with E-state index in [9.17, 15) is 0 Å². The van der Waals surface area contributed by atoms with Crippen LogP contribution in [-0.2, 0) is 4.74 Å². The minimum atomic E-state index is 0.524. The van der Waals surface area contributed by atoms with E-state index in [-0.39, 0.29) is 0 Å². The molecular formula is C14H28N2O. The molecular weight excluding hydrogens is 212 g/mol. The molecule has 2 aliphatic rings. The molecule has 0 aromatic heterocycles. The third-order valence-corrected chi connectivity index (χ3v) is 4.62. The van der Waals surface area contributed by atoms with E-state index < -0.39 is 0 Å². The second-order valence-electron chi connectivity index (χ2n) is 5.75. The Morgan fingerprint density at radius 3 is 2.59 bits per heavy atom. The number of likely N-dealkylation sites (tertiary alicyclic amines) is 1. The number of hydrogen-bond donors (Lipinski definition) is 1. The molecule has 1 atom stereocenters. The van der Waals surface area contributed by atoms with E-state index in [0.29, 0.717) is 6.10 Å². The monoisotopic (exact) mass is 240 g/mol. The zero-order valence-corrected chi connectivity index (χ0v) is 11.2. The Morgan fingerprint density at radius 1 is 1.18 bits per heavy atom. The van der Waals surface area contributed by atoms with Crippen molar-refractivity contribution in [3.05, 3.63) is 0 Å². The zero-order chi connectivity index (χ0) is 12.1. The smallest absolute Gasteiger partial charge is 0.0572 e. The summed E-state index contributed by atoms with van der Waals surface area (Å²) in [5, 5.41) is 0. The molecule has 1 unspecified atom stereocenters. The fourth-order valence-electron chi connectivity index (χ4n) is 3.55. The van der Waals surface area contributed by atoms with Crippen molar-refractivity contribution in [2.75, 3.05) is 26.7 Å². The van der Waals surface area contributed by atoms with Gasteiger partial charge in [-0.2, -0.15) is 0 Å². The predicted molar refractivity (Wildman–Crippen MR) is 71.0 cm³/mol. The Labute approximate surface area is 106 Å². The standard InChI is InChI=1S/C14H28N2O/c1-17-14-6-4-13(5-7-14)16-10-2-3-12(11-16)8-9-15/h12-14H,2-11,15H2,1H3. The quantitative estimate of drug-likeness (QED) is 0.817. The van der Waals surface area contributed by atoms with Crippen LogP contribution in [0.25, 0.3) is 0 Å². The highest BCUT2D eigenvalue weighted by molar-refractivity contribution is 4.83. The van der Waals surface area contributed by atoms with Crippen molar-refractivity contribution in [1.82, 2.24) is 4.90 Å². The third kappa shape index (κ3) is 3.67. The molecule has 17 heavy (non-hydrogen) atoms. The Balaban J connectivity index is 1.77. The lowest BCUT2D eigenvalue weighted by Crippen LogP contribution is -2.45. The molecule has 2 N–H and O–H groups in total. The maximum absolute atomic E-state index is 5.68. The molecule has 1 saturated carbocycles. The van der Waals surface area contributed by atoms with Gasteiger partial charge in [0.05, 0.1) is 6.10 Å². The van der Waals surface area contributed by atoms with Crippen molar-refractivity contribution in [1.29, 1.82) is 0 Å². The van der Waals surface area contributed by atoms with E-state index in [0.717, 1.165) is 18.5 Å². The SMILES string of the molecule is COC1CCC(N2CCCC(CCN)C2)CC1. The van der Waals surface area contributed by atoms with Gasteiger partial charge in [0.25, 0.3) is 0 Å². The molecule has 0 radical (unpaired) electrons. The molecule has 0 aromatic rings. The van der Waals surface area contributed by atoms with E-state index in [1.54, 1.807) is 0 Å². The molecule has 0 spiro atoms. The largest absolute Gasteiger partial charge is 0.381 e. The van der Waals surface area contributed by atoms with E-state index in [4.69, 9.17) is 10.5 Å². The summed E-state index contributed by atoms with van der Waals surface area (Å²) in [7, 11) is 1.85. The van der Waals surface area contributed by atoms with Gasteiger partial charge in [0, 0.05) is 19.7 Å². The van der Waals surface area contributed by atoms with Crippen molar-refractivity contribution >= 4 is 0 Å². The number of piperidine rings is 1. The number of ether oxygens (including phenoxy) is 1. The normalized spacial score (nSPS) is 36.0. The Morgan fingerprint density at radius 2 is 1.94 bits per heavy atom. The average Bonchev–Trinajstić information content (AvgIpc) is 2.40. The van der Waals surface area contributed by atoms with Gasteiger partial charge in [-0.3, -0.25) is 0 Å². The number of methoxy groups -OCH3 is 1. The summed E-state index contributed by atoms with van der Waals surface area (Å²) in [6, 6.07) is 0.821. The summed E-state index contributed by atoms with van der Waals surface area (Å²) in [6.45, 7) is 3.46. The number of nitrogens with two attached hydrogens (primary N) is 1. The van der Waals surface area contributed by atoms with Crippen molar-refractivity contribution in [3.8, 4) is 0 Å². The average molecular weight is 240 g/mol. The van der Waals surface area contributed by atoms with Gasteiger partial charge in [-0.1, -0.05) is 0 Å². The number of rotatable bonds is 4. The van der Waals surface area contributed by atoms with Crippen molar-refractivity contribution < 1.29 is 4.74 Å². The maximum Gasteiger partial charge on any atom is 0.0572 e. The summed E-state index contributed by atoms with van der Waals surface area (Å²) < 4.78 is 5.45. The van der Waals surface area contributed by atoms with Crippen LogP contribution in [0.5, 0.6) is 0 Å². The lowest BCUT2D eigenvalue weighted by molar-refractivity contribution is 0.0259. The Kier molecular flexibility index (Phi) is 5.26. The lowest BCUT2D eigenvalue weighted by atomic mass is 9.88. The van der Waals surface area contributed by atoms with Gasteiger partial charge in [-0.15, -0.1) is 0 Å². The van der Waals surface area contributed by atoms with Crippen molar-refractivity contribution in [3.63, 3.8) is 0 Å². The van der Waals surface area contributed by atoms with Gasteiger partial charge in [-0.25, -0.2) is 0 Å². The number of hydrogen-bond acceptors (Lipinski definition) is 3. The Bertz CT molecular complexity index is 212. The first-order valence-electron chi connectivity index (χ1n) is 7.30. The summed E-state index contributed by atoms with van der Waals surface area (Å²) in [5.74, 6) is 0.855. The van der Waals surface area contributed by atoms with E-state index in [1.807, 2.05) is 7.11 Å². The fourth-order valence-corrected chi connectivity index (χ4v) is 3.55. The summed E-state index contributed by atoms with van der Waals surface area (Å²) in [5.41, 5.74) is 5.68. The molecule has 0 aromatic carbocycles. The van der Waals surface area contributed by atoms with Crippen LogP contribution in [0.2, 0.25) is 0 Å². The van der Waals surface area contributed by atoms with Gasteiger partial charge < -0.3 is 15.4 Å². The van der Waals surface area contributed by atoms with Crippen LogP contribution in [0.15, 0.2) is 0 Å². The topological polar surface area (TPSA) is 38.5 Å². The highest BCUT2D eigenvalue weighted by Crippen LogP contribution is 2.29. The van der Waals surface area contributed by atoms with Crippen LogP contribution in [0.4, 0.5) is 0 Å². The minimum Gasteiger partial charge on any atom is -0.381 e. The fraction of sp³-hybridized carbons (Fsp3) is 1.00. The molecule has 0 amide bonds. The lowest BCUT2D eigenvalue weighted by Gasteiger charge is -2.41. The molecule has 1 aliphatic heterocycles.